The molecule has 1 fully saturated rings. The molecule has 1 unspecified atom stereocenters. The second-order valence-electron chi connectivity index (χ2n) is 5.56. The lowest BCUT2D eigenvalue weighted by Gasteiger charge is -2.35. The van der Waals surface area contributed by atoms with Crippen LogP contribution in [0.5, 0.6) is 0 Å². The third kappa shape index (κ3) is 3.52. The molecule has 0 spiro atoms. The van der Waals surface area contributed by atoms with Crippen LogP contribution in [0.4, 0.5) is 8.78 Å². The minimum absolute atomic E-state index is 0.239. The number of halogens is 2. The number of alkyl halides is 2. The zero-order valence-corrected chi connectivity index (χ0v) is 12.4. The second-order valence-corrected chi connectivity index (χ2v) is 7.24. The summed E-state index contributed by atoms with van der Waals surface area (Å²) in [7, 11) is -4.99. The van der Waals surface area contributed by atoms with Crippen molar-refractivity contribution in [2.75, 3.05) is 0 Å². The lowest BCUT2D eigenvalue weighted by Crippen LogP contribution is -2.40. The molecule has 0 radical (unpaired) electrons. The van der Waals surface area contributed by atoms with Crippen molar-refractivity contribution in [1.82, 2.24) is 0 Å². The number of hydrogen-bond donors (Lipinski definition) is 1. The summed E-state index contributed by atoms with van der Waals surface area (Å²) < 4.78 is 74.1. The van der Waals surface area contributed by atoms with E-state index in [0.717, 1.165) is 18.2 Å². The third-order valence-electron chi connectivity index (χ3n) is 3.97. The van der Waals surface area contributed by atoms with E-state index in [1.807, 2.05) is 0 Å². The first-order chi connectivity index (χ1) is 10.8. The Morgan fingerprint density at radius 1 is 1.45 bits per heavy atom. The van der Waals surface area contributed by atoms with Crippen LogP contribution >= 0.6 is 0 Å². The summed E-state index contributed by atoms with van der Waals surface area (Å²) in [4.78, 5) is 9.97. The smallest absolute Gasteiger partial charge is 0.274 e. The number of hydrogen-bond acceptors (Lipinski definition) is 4. The van der Waals surface area contributed by atoms with E-state index in [0.29, 0.717) is 0 Å². The summed E-state index contributed by atoms with van der Waals surface area (Å²) in [5.74, 6) is -3.94. The van der Waals surface area contributed by atoms with Gasteiger partial charge in [0.1, 0.15) is 4.75 Å². The van der Waals surface area contributed by atoms with Crippen molar-refractivity contribution in [2.24, 2.45) is 5.92 Å². The fourth-order valence-electron chi connectivity index (χ4n) is 2.65. The molecule has 2 rings (SSSR count). The molecule has 2 aliphatic rings. The molecule has 0 heterocycles. The summed E-state index contributed by atoms with van der Waals surface area (Å²) in [6.07, 6.45) is -2.31. The molecule has 9 heteroatoms. The van der Waals surface area contributed by atoms with Crippen LogP contribution in [0.3, 0.4) is 0 Å². The van der Waals surface area contributed by atoms with Crippen molar-refractivity contribution >= 4 is 10.1 Å². The highest BCUT2D eigenvalue weighted by Gasteiger charge is 2.46. The van der Waals surface area contributed by atoms with Gasteiger partial charge in [0.15, 0.2) is 0 Å². The maximum absolute atomic E-state index is 13.3. The van der Waals surface area contributed by atoms with Gasteiger partial charge in [-0.3, -0.25) is 14.7 Å². The Morgan fingerprint density at radius 3 is 2.45 bits per heavy atom. The van der Waals surface area contributed by atoms with Gasteiger partial charge < -0.3 is 0 Å². The summed E-state index contributed by atoms with van der Waals surface area (Å²) in [5.41, 5.74) is -0.416. The van der Waals surface area contributed by atoms with Crippen LogP contribution in [0.25, 0.3) is 0 Å². The van der Waals surface area contributed by atoms with Gasteiger partial charge in [0.05, 0.1) is 4.92 Å². The highest BCUT2D eigenvalue weighted by molar-refractivity contribution is 7.87. The van der Waals surface area contributed by atoms with Gasteiger partial charge in [-0.2, -0.15) is 8.42 Å². The second kappa shape index (κ2) is 5.69. The molecule has 1 atom stereocenters. The van der Waals surface area contributed by atoms with Crippen molar-refractivity contribution in [3.63, 3.8) is 0 Å². The summed E-state index contributed by atoms with van der Waals surface area (Å²) >= 11 is 0. The third-order valence-corrected chi connectivity index (χ3v) is 5.32. The fraction of sp³-hybridized carbons (Fsp3) is 0.692. The SMILES string of the molecule is [2H]C([2H])(C1CCC(F)(F)CC1)C1(S(=O)(=O)O)C=CC([N+](=O)[O-])=CC1. The van der Waals surface area contributed by atoms with Crippen LogP contribution in [-0.4, -0.2) is 28.6 Å². The van der Waals surface area contributed by atoms with E-state index in [1.165, 1.54) is 0 Å². The largest absolute Gasteiger partial charge is 0.285 e. The van der Waals surface area contributed by atoms with Crippen molar-refractivity contribution in [1.29, 1.82) is 0 Å². The minimum Gasteiger partial charge on any atom is -0.285 e. The van der Waals surface area contributed by atoms with E-state index in [1.54, 1.807) is 0 Å². The van der Waals surface area contributed by atoms with Crippen LogP contribution in [0.2, 0.25) is 0 Å². The maximum Gasteiger partial charge on any atom is 0.274 e. The molecule has 6 nitrogen and oxygen atoms in total. The van der Waals surface area contributed by atoms with E-state index in [-0.39, 0.29) is 12.8 Å². The summed E-state index contributed by atoms with van der Waals surface area (Å²) in [6.45, 7) is 0. The van der Waals surface area contributed by atoms with Crippen LogP contribution in [0, 0.1) is 16.0 Å². The first-order valence-electron chi connectivity index (χ1n) is 7.71. The molecule has 0 aromatic rings. The topological polar surface area (TPSA) is 97.5 Å². The molecule has 2 aliphatic carbocycles. The van der Waals surface area contributed by atoms with Crippen LogP contribution in [-0.2, 0) is 10.1 Å². The molecule has 0 aromatic carbocycles. The van der Waals surface area contributed by atoms with Gasteiger partial charge in [0.25, 0.3) is 15.8 Å². The van der Waals surface area contributed by atoms with E-state index in [4.69, 9.17) is 2.74 Å². The van der Waals surface area contributed by atoms with E-state index >= 15 is 0 Å². The zero-order chi connectivity index (χ0) is 18.4. The molecule has 22 heavy (non-hydrogen) atoms. The Kier molecular flexibility index (Phi) is 3.69. The number of nitro groups is 1. The zero-order valence-electron chi connectivity index (χ0n) is 13.5. The Hall–Kier alpha value is -1.35. The summed E-state index contributed by atoms with van der Waals surface area (Å²) in [5, 5.41) is 10.7. The molecule has 0 saturated heterocycles. The molecule has 0 aromatic heterocycles. The van der Waals surface area contributed by atoms with Gasteiger partial charge >= 0.3 is 0 Å². The molecular formula is C13H17F2NO5S. The first kappa shape index (κ1) is 14.3. The molecule has 0 bridgehead atoms. The predicted molar refractivity (Wildman–Crippen MR) is 74.6 cm³/mol. The average Bonchev–Trinajstić information content (AvgIpc) is 2.45. The predicted octanol–water partition coefficient (Wildman–Crippen LogP) is 2.95. The average molecular weight is 339 g/mol. The highest BCUT2D eigenvalue weighted by atomic mass is 32.2. The Morgan fingerprint density at radius 2 is 2.05 bits per heavy atom. The van der Waals surface area contributed by atoms with Gasteiger partial charge in [-0.1, -0.05) is 6.08 Å². The molecule has 1 N–H and O–H groups in total. The monoisotopic (exact) mass is 339 g/mol. The van der Waals surface area contributed by atoms with Crippen LogP contribution in [0.15, 0.2) is 23.9 Å². The fourth-order valence-corrected chi connectivity index (χ4v) is 3.50. The standard InChI is InChI=1S/C13H17F2NO5S/c14-13(15)7-1-10(2-8-13)9-12(22(19,20)21)5-3-11(4-6-12)16(17)18/h3-5,10H,1-2,6-9H2,(H,19,20,21)/i9D2. The lowest BCUT2D eigenvalue weighted by molar-refractivity contribution is -0.419. The Labute approximate surface area is 129 Å². The van der Waals surface area contributed by atoms with E-state index < -0.39 is 63.0 Å². The van der Waals surface area contributed by atoms with Gasteiger partial charge in [0.2, 0.25) is 5.92 Å². The Bertz CT molecular complexity index is 697. The first-order valence-corrected chi connectivity index (χ1v) is 8.15. The minimum atomic E-state index is -4.99. The number of allylic oxidation sites excluding steroid dienone is 2. The number of rotatable bonds is 4. The molecule has 0 amide bonds. The highest BCUT2D eigenvalue weighted by Crippen LogP contribution is 2.43. The van der Waals surface area contributed by atoms with Crippen molar-refractivity contribution in [3.8, 4) is 0 Å². The van der Waals surface area contributed by atoms with Gasteiger partial charge in [-0.15, -0.1) is 0 Å². The number of nitrogens with zero attached hydrogens (tertiary/aromatic N) is 1. The van der Waals surface area contributed by atoms with Crippen molar-refractivity contribution in [3.05, 3.63) is 34.0 Å². The molecule has 0 aliphatic heterocycles. The maximum atomic E-state index is 13.3. The van der Waals surface area contributed by atoms with Gasteiger partial charge in [-0.25, -0.2) is 8.78 Å². The normalized spacial score (nSPS) is 31.1. The van der Waals surface area contributed by atoms with Crippen LogP contribution < -0.4 is 0 Å². The van der Waals surface area contributed by atoms with Crippen LogP contribution in [0.1, 0.15) is 41.2 Å². The lowest BCUT2D eigenvalue weighted by atomic mass is 9.79. The van der Waals surface area contributed by atoms with E-state index in [2.05, 4.69) is 0 Å². The van der Waals surface area contributed by atoms with Crippen molar-refractivity contribution in [2.45, 2.75) is 49.1 Å². The quantitative estimate of drug-likeness (QED) is 0.482. The molecule has 1 saturated carbocycles. The molecule has 124 valence electrons. The summed E-state index contributed by atoms with van der Waals surface area (Å²) in [6, 6.07) is 0. The molecular weight excluding hydrogens is 320 g/mol. The van der Waals surface area contributed by atoms with E-state index in [9.17, 15) is 31.9 Å². The Balaban J connectivity index is 2.40. The van der Waals surface area contributed by atoms with Gasteiger partial charge in [0, 0.05) is 21.7 Å². The van der Waals surface area contributed by atoms with Gasteiger partial charge in [-0.05, 0) is 37.6 Å². The van der Waals surface area contributed by atoms with Crippen molar-refractivity contribution < 1.29 is 29.4 Å².